The summed E-state index contributed by atoms with van der Waals surface area (Å²) in [5.74, 6) is -0.453. The summed E-state index contributed by atoms with van der Waals surface area (Å²) in [5, 5.41) is 9.47. The molecule has 1 atom stereocenters. The zero-order valence-electron chi connectivity index (χ0n) is 11.1. The van der Waals surface area contributed by atoms with E-state index in [4.69, 9.17) is 5.11 Å². The highest BCUT2D eigenvalue weighted by Gasteiger charge is 2.25. The summed E-state index contributed by atoms with van der Waals surface area (Å²) >= 11 is 0. The minimum absolute atomic E-state index is 0.0293. The van der Waals surface area contributed by atoms with E-state index in [1.807, 2.05) is 0 Å². The number of nitrogens with zero attached hydrogens (tertiary/aromatic N) is 2. The van der Waals surface area contributed by atoms with Crippen molar-refractivity contribution in [2.75, 3.05) is 13.7 Å². The van der Waals surface area contributed by atoms with E-state index in [-0.39, 0.29) is 11.5 Å². The Morgan fingerprint density at radius 1 is 1.40 bits per heavy atom. The molecule has 0 radical (unpaired) electrons. The smallest absolute Gasteiger partial charge is 0.244 e. The van der Waals surface area contributed by atoms with Crippen LogP contribution in [-0.2, 0) is 10.0 Å². The number of hydrogen-bond acceptors (Lipinski definition) is 4. The van der Waals surface area contributed by atoms with Crippen LogP contribution in [0.5, 0.6) is 0 Å². The van der Waals surface area contributed by atoms with Crippen molar-refractivity contribution < 1.29 is 17.9 Å². The first-order valence-corrected chi connectivity index (χ1v) is 7.44. The second kappa shape index (κ2) is 5.43. The van der Waals surface area contributed by atoms with E-state index in [2.05, 4.69) is 4.98 Å². The van der Waals surface area contributed by atoms with E-state index >= 15 is 0 Å². The second-order valence-corrected chi connectivity index (χ2v) is 6.56. The van der Waals surface area contributed by atoms with Gasteiger partial charge in [-0.1, -0.05) is 0 Å². The number of aromatic nitrogens is 1. The molecule has 108 valence electrons. The Bertz CT molecular complexity index is 733. The molecule has 20 heavy (non-hydrogen) atoms. The monoisotopic (exact) mass is 298 g/mol. The Kier molecular flexibility index (Phi) is 4.03. The minimum Gasteiger partial charge on any atom is -0.395 e. The summed E-state index contributed by atoms with van der Waals surface area (Å²) in [5.41, 5.74) is 0.517. The average molecular weight is 298 g/mol. The molecular weight excluding hydrogens is 283 g/mol. The average Bonchev–Trinajstić information content (AvgIpc) is 2.44. The van der Waals surface area contributed by atoms with Gasteiger partial charge in [0.1, 0.15) is 10.7 Å². The number of hydrogen-bond donors (Lipinski definition) is 1. The van der Waals surface area contributed by atoms with Crippen molar-refractivity contribution in [1.29, 1.82) is 0 Å². The lowest BCUT2D eigenvalue weighted by Crippen LogP contribution is -2.37. The predicted octanol–water partition coefficient (Wildman–Crippen LogP) is 1.38. The zero-order valence-corrected chi connectivity index (χ0v) is 11.9. The normalized spacial score (nSPS) is 13.8. The van der Waals surface area contributed by atoms with Gasteiger partial charge < -0.3 is 5.11 Å². The molecule has 2 rings (SSSR count). The fourth-order valence-corrected chi connectivity index (χ4v) is 3.08. The summed E-state index contributed by atoms with van der Waals surface area (Å²) < 4.78 is 38.9. The number of sulfonamides is 1. The van der Waals surface area contributed by atoms with Crippen LogP contribution in [0.4, 0.5) is 4.39 Å². The maximum Gasteiger partial charge on any atom is 0.244 e. The van der Waals surface area contributed by atoms with Crippen LogP contribution in [0.2, 0.25) is 0 Å². The van der Waals surface area contributed by atoms with Crippen molar-refractivity contribution in [2.45, 2.75) is 17.9 Å². The highest BCUT2D eigenvalue weighted by molar-refractivity contribution is 7.89. The number of aliphatic hydroxyl groups is 1. The first-order chi connectivity index (χ1) is 9.36. The van der Waals surface area contributed by atoms with E-state index in [0.29, 0.717) is 10.9 Å². The predicted molar refractivity (Wildman–Crippen MR) is 73.2 cm³/mol. The molecule has 1 heterocycles. The van der Waals surface area contributed by atoms with Crippen molar-refractivity contribution in [3.8, 4) is 0 Å². The molecule has 0 saturated carbocycles. The SMILES string of the molecule is C[C@H](CO)N(C)S(=O)(=O)c1cnc2ccc(F)cc2c1. The topological polar surface area (TPSA) is 70.5 Å². The van der Waals surface area contributed by atoms with Gasteiger partial charge in [-0.25, -0.2) is 12.8 Å². The molecule has 2 aromatic rings. The molecule has 0 aliphatic carbocycles. The summed E-state index contributed by atoms with van der Waals surface area (Å²) in [7, 11) is -2.39. The maximum atomic E-state index is 13.2. The van der Waals surface area contributed by atoms with Gasteiger partial charge in [-0.2, -0.15) is 4.31 Å². The standard InChI is InChI=1S/C13H15FN2O3S/c1-9(8-17)16(2)20(18,19)12-6-10-5-11(14)3-4-13(10)15-7-12/h3-7,9,17H,8H2,1-2H3/t9-/m1/s1. The van der Waals surface area contributed by atoms with E-state index in [1.54, 1.807) is 6.92 Å². The van der Waals surface area contributed by atoms with Gasteiger partial charge in [-0.3, -0.25) is 4.98 Å². The third-order valence-corrected chi connectivity index (χ3v) is 5.12. The Labute approximate surface area is 116 Å². The minimum atomic E-state index is -3.77. The Balaban J connectivity index is 2.52. The number of rotatable bonds is 4. The van der Waals surface area contributed by atoms with Crippen LogP contribution in [0.25, 0.3) is 10.9 Å². The molecule has 1 N–H and O–H groups in total. The molecule has 5 nitrogen and oxygen atoms in total. The van der Waals surface area contributed by atoms with Crippen LogP contribution < -0.4 is 0 Å². The third kappa shape index (κ3) is 2.65. The lowest BCUT2D eigenvalue weighted by atomic mass is 10.2. The number of aliphatic hydroxyl groups excluding tert-OH is 1. The van der Waals surface area contributed by atoms with Crippen LogP contribution in [-0.4, -0.2) is 42.5 Å². The fourth-order valence-electron chi connectivity index (χ4n) is 1.74. The van der Waals surface area contributed by atoms with Gasteiger partial charge in [-0.15, -0.1) is 0 Å². The van der Waals surface area contributed by atoms with Gasteiger partial charge in [0.25, 0.3) is 0 Å². The van der Waals surface area contributed by atoms with Crippen LogP contribution in [0.3, 0.4) is 0 Å². The summed E-state index contributed by atoms with van der Waals surface area (Å²) in [6.45, 7) is 1.30. The van der Waals surface area contributed by atoms with Crippen LogP contribution >= 0.6 is 0 Å². The largest absolute Gasteiger partial charge is 0.395 e. The highest BCUT2D eigenvalue weighted by Crippen LogP contribution is 2.21. The van der Waals surface area contributed by atoms with Crippen LogP contribution in [0.15, 0.2) is 35.4 Å². The molecule has 0 aliphatic heterocycles. The van der Waals surface area contributed by atoms with Crippen molar-refractivity contribution in [3.63, 3.8) is 0 Å². The molecule has 0 saturated heterocycles. The van der Waals surface area contributed by atoms with Crippen molar-refractivity contribution in [1.82, 2.24) is 9.29 Å². The van der Waals surface area contributed by atoms with E-state index < -0.39 is 21.9 Å². The lowest BCUT2D eigenvalue weighted by Gasteiger charge is -2.22. The number of halogens is 1. The van der Waals surface area contributed by atoms with E-state index in [0.717, 1.165) is 4.31 Å². The molecular formula is C13H15FN2O3S. The number of pyridine rings is 1. The number of fused-ring (bicyclic) bond motifs is 1. The zero-order chi connectivity index (χ0) is 14.9. The third-order valence-electron chi connectivity index (χ3n) is 3.18. The van der Waals surface area contributed by atoms with Crippen molar-refractivity contribution in [2.24, 2.45) is 0 Å². The van der Waals surface area contributed by atoms with E-state index in [1.165, 1.54) is 37.5 Å². The van der Waals surface area contributed by atoms with Gasteiger partial charge >= 0.3 is 0 Å². The molecule has 7 heteroatoms. The highest BCUT2D eigenvalue weighted by atomic mass is 32.2. The first kappa shape index (κ1) is 14.8. The van der Waals surface area contributed by atoms with Gasteiger partial charge in [0.15, 0.2) is 0 Å². The van der Waals surface area contributed by atoms with Crippen LogP contribution in [0, 0.1) is 5.82 Å². The molecule has 0 fully saturated rings. The van der Waals surface area contributed by atoms with Gasteiger partial charge in [0.2, 0.25) is 10.0 Å². The Hall–Kier alpha value is -1.57. The molecule has 0 bridgehead atoms. The quantitative estimate of drug-likeness (QED) is 0.925. The van der Waals surface area contributed by atoms with Gasteiger partial charge in [-0.05, 0) is 31.2 Å². The first-order valence-electron chi connectivity index (χ1n) is 6.00. The Morgan fingerprint density at radius 2 is 2.10 bits per heavy atom. The van der Waals surface area contributed by atoms with Gasteiger partial charge in [0, 0.05) is 24.7 Å². The van der Waals surface area contributed by atoms with Crippen molar-refractivity contribution in [3.05, 3.63) is 36.3 Å². The second-order valence-electron chi connectivity index (χ2n) is 4.56. The summed E-state index contributed by atoms with van der Waals surface area (Å²) in [6.07, 6.45) is 1.23. The number of likely N-dealkylation sites (N-methyl/N-ethyl adjacent to an activating group) is 1. The summed E-state index contributed by atoms with van der Waals surface area (Å²) in [4.78, 5) is 3.99. The lowest BCUT2D eigenvalue weighted by molar-refractivity contribution is 0.214. The van der Waals surface area contributed by atoms with Crippen molar-refractivity contribution >= 4 is 20.9 Å². The summed E-state index contributed by atoms with van der Waals surface area (Å²) in [6, 6.07) is 4.81. The Morgan fingerprint density at radius 3 is 2.75 bits per heavy atom. The molecule has 1 aromatic heterocycles. The fraction of sp³-hybridized carbons (Fsp3) is 0.308. The molecule has 0 spiro atoms. The molecule has 1 aromatic carbocycles. The number of benzene rings is 1. The molecule has 0 amide bonds. The molecule has 0 aliphatic rings. The maximum absolute atomic E-state index is 13.2. The van der Waals surface area contributed by atoms with E-state index in [9.17, 15) is 12.8 Å². The van der Waals surface area contributed by atoms with Crippen LogP contribution in [0.1, 0.15) is 6.92 Å². The van der Waals surface area contributed by atoms with Gasteiger partial charge in [0.05, 0.1) is 12.1 Å². The molecule has 0 unspecified atom stereocenters.